The van der Waals surface area contributed by atoms with Gasteiger partial charge in [-0.1, -0.05) is 25.0 Å². The van der Waals surface area contributed by atoms with E-state index in [2.05, 4.69) is 0 Å². The van der Waals surface area contributed by atoms with Crippen LogP contribution < -0.4 is 11.0 Å². The van der Waals surface area contributed by atoms with E-state index in [9.17, 15) is 19.7 Å². The third kappa shape index (κ3) is 2.91. The highest BCUT2D eigenvalue weighted by atomic mass is 32.1. The number of nitrogens with zero attached hydrogens (tertiary/aromatic N) is 3. The molecular formula is C22H17N3O4S. The molecule has 2 aromatic carbocycles. The largest absolute Gasteiger partial charge is 0.289 e. The van der Waals surface area contributed by atoms with Crippen molar-refractivity contribution in [2.24, 2.45) is 0 Å². The number of hydrogen-bond acceptors (Lipinski definition) is 6. The van der Waals surface area contributed by atoms with Gasteiger partial charge in [0, 0.05) is 33.8 Å². The Morgan fingerprint density at radius 2 is 1.73 bits per heavy atom. The SMILES string of the molecule is O=c1c2ccccc2sc2nc(-c3ccc([N+](=O)[O-])cc3)n(C3CCCC3)c(=O)c12. The highest BCUT2D eigenvalue weighted by Crippen LogP contribution is 2.33. The zero-order chi connectivity index (χ0) is 20.8. The summed E-state index contributed by atoms with van der Waals surface area (Å²) in [6, 6.07) is 13.2. The zero-order valence-corrected chi connectivity index (χ0v) is 16.7. The molecule has 0 radical (unpaired) electrons. The number of nitro benzene ring substituents is 1. The van der Waals surface area contributed by atoms with E-state index in [1.54, 1.807) is 28.8 Å². The van der Waals surface area contributed by atoms with E-state index in [0.29, 0.717) is 21.6 Å². The van der Waals surface area contributed by atoms with Crippen LogP contribution in [0, 0.1) is 10.1 Å². The van der Waals surface area contributed by atoms with Crippen LogP contribution in [0.3, 0.4) is 0 Å². The van der Waals surface area contributed by atoms with Crippen molar-refractivity contribution in [3.63, 3.8) is 0 Å². The van der Waals surface area contributed by atoms with Crippen LogP contribution in [-0.4, -0.2) is 14.5 Å². The Morgan fingerprint density at radius 3 is 2.43 bits per heavy atom. The van der Waals surface area contributed by atoms with E-state index in [1.807, 2.05) is 12.1 Å². The smallest absolute Gasteiger partial charge is 0.269 e. The summed E-state index contributed by atoms with van der Waals surface area (Å²) in [5, 5.41) is 11.7. The monoisotopic (exact) mass is 419 g/mol. The van der Waals surface area contributed by atoms with Crippen molar-refractivity contribution in [3.05, 3.63) is 79.2 Å². The number of fused-ring (bicyclic) bond motifs is 2. The minimum atomic E-state index is -0.459. The molecule has 0 spiro atoms. The summed E-state index contributed by atoms with van der Waals surface area (Å²) in [4.78, 5) is 42.4. The highest BCUT2D eigenvalue weighted by Gasteiger charge is 2.25. The molecule has 1 fully saturated rings. The lowest BCUT2D eigenvalue weighted by Crippen LogP contribution is -2.29. The fourth-order valence-electron chi connectivity index (χ4n) is 4.20. The molecule has 1 aliphatic rings. The molecule has 0 unspecified atom stereocenters. The molecule has 1 aliphatic carbocycles. The number of nitro groups is 1. The fraction of sp³-hybridized carbons (Fsp3) is 0.227. The molecule has 0 amide bonds. The van der Waals surface area contributed by atoms with Crippen molar-refractivity contribution in [1.29, 1.82) is 0 Å². The zero-order valence-electron chi connectivity index (χ0n) is 15.9. The maximum atomic E-state index is 13.6. The van der Waals surface area contributed by atoms with Gasteiger partial charge in [0.2, 0.25) is 5.43 Å². The van der Waals surface area contributed by atoms with Gasteiger partial charge in [-0.2, -0.15) is 0 Å². The van der Waals surface area contributed by atoms with Gasteiger partial charge in [-0.3, -0.25) is 24.3 Å². The molecule has 1 saturated carbocycles. The average molecular weight is 419 g/mol. The van der Waals surface area contributed by atoms with Crippen molar-refractivity contribution in [2.45, 2.75) is 31.7 Å². The highest BCUT2D eigenvalue weighted by molar-refractivity contribution is 7.24. The normalized spacial score (nSPS) is 14.5. The number of hydrogen-bond donors (Lipinski definition) is 0. The third-order valence-corrected chi connectivity index (χ3v) is 6.74. The molecule has 0 bridgehead atoms. The second-order valence-corrected chi connectivity index (χ2v) is 8.49. The first kappa shape index (κ1) is 18.6. The van der Waals surface area contributed by atoms with E-state index < -0.39 is 4.92 Å². The Labute approximate surface area is 174 Å². The third-order valence-electron chi connectivity index (χ3n) is 5.67. The minimum absolute atomic E-state index is 0.0232. The summed E-state index contributed by atoms with van der Waals surface area (Å²) in [6.07, 6.45) is 3.72. The van der Waals surface area contributed by atoms with Crippen molar-refractivity contribution in [3.8, 4) is 11.4 Å². The van der Waals surface area contributed by atoms with E-state index in [-0.39, 0.29) is 28.1 Å². The summed E-state index contributed by atoms with van der Waals surface area (Å²) in [5.74, 6) is 0.459. The van der Waals surface area contributed by atoms with Crippen LogP contribution in [0.5, 0.6) is 0 Å². The van der Waals surface area contributed by atoms with Crippen molar-refractivity contribution in [1.82, 2.24) is 9.55 Å². The Hall–Kier alpha value is -3.39. The van der Waals surface area contributed by atoms with Gasteiger partial charge in [-0.25, -0.2) is 4.98 Å². The maximum absolute atomic E-state index is 13.6. The first-order chi connectivity index (χ1) is 14.5. The second kappa shape index (κ2) is 7.14. The molecule has 5 rings (SSSR count). The Bertz CT molecular complexity index is 1420. The van der Waals surface area contributed by atoms with Gasteiger partial charge in [0.15, 0.2) is 0 Å². The lowest BCUT2D eigenvalue weighted by atomic mass is 10.1. The van der Waals surface area contributed by atoms with E-state index in [4.69, 9.17) is 4.98 Å². The minimum Gasteiger partial charge on any atom is -0.289 e. The van der Waals surface area contributed by atoms with Crippen LogP contribution in [0.4, 0.5) is 5.69 Å². The van der Waals surface area contributed by atoms with Gasteiger partial charge >= 0.3 is 0 Å². The van der Waals surface area contributed by atoms with Crippen LogP contribution in [0.25, 0.3) is 31.7 Å². The first-order valence-corrected chi connectivity index (χ1v) is 10.6. The van der Waals surface area contributed by atoms with Gasteiger partial charge in [-0.15, -0.1) is 11.3 Å². The molecule has 0 N–H and O–H groups in total. The summed E-state index contributed by atoms with van der Waals surface area (Å²) in [6.45, 7) is 0. The predicted molar refractivity (Wildman–Crippen MR) is 117 cm³/mol. The van der Waals surface area contributed by atoms with Crippen LogP contribution >= 0.6 is 11.3 Å². The summed E-state index contributed by atoms with van der Waals surface area (Å²) < 4.78 is 2.41. The van der Waals surface area contributed by atoms with Crippen LogP contribution in [0.1, 0.15) is 31.7 Å². The van der Waals surface area contributed by atoms with Gasteiger partial charge in [0.25, 0.3) is 11.2 Å². The Kier molecular flexibility index (Phi) is 4.43. The van der Waals surface area contributed by atoms with Crippen molar-refractivity contribution < 1.29 is 4.92 Å². The molecule has 7 nitrogen and oxygen atoms in total. The lowest BCUT2D eigenvalue weighted by Gasteiger charge is -2.19. The van der Waals surface area contributed by atoms with Gasteiger partial charge in [-0.05, 0) is 37.1 Å². The molecule has 0 atom stereocenters. The van der Waals surface area contributed by atoms with Gasteiger partial charge in [0.1, 0.15) is 16.0 Å². The van der Waals surface area contributed by atoms with E-state index >= 15 is 0 Å². The van der Waals surface area contributed by atoms with Gasteiger partial charge in [0.05, 0.1) is 4.92 Å². The molecule has 30 heavy (non-hydrogen) atoms. The maximum Gasteiger partial charge on any atom is 0.269 e. The summed E-state index contributed by atoms with van der Waals surface area (Å²) in [5.41, 5.74) is -0.0182. The molecule has 2 heterocycles. The number of aromatic nitrogens is 2. The van der Waals surface area contributed by atoms with E-state index in [1.165, 1.54) is 23.5 Å². The predicted octanol–water partition coefficient (Wildman–Crippen LogP) is 4.66. The molecule has 0 saturated heterocycles. The number of non-ortho nitro benzene ring substituents is 1. The van der Waals surface area contributed by atoms with Crippen LogP contribution in [-0.2, 0) is 0 Å². The molecule has 150 valence electrons. The molecular weight excluding hydrogens is 402 g/mol. The molecule has 0 aliphatic heterocycles. The quantitative estimate of drug-likeness (QED) is 0.273. The van der Waals surface area contributed by atoms with Crippen LogP contribution in [0.15, 0.2) is 58.1 Å². The summed E-state index contributed by atoms with van der Waals surface area (Å²) in [7, 11) is 0. The molecule has 8 heteroatoms. The topological polar surface area (TPSA) is 95.1 Å². The summed E-state index contributed by atoms with van der Waals surface area (Å²) >= 11 is 1.32. The standard InChI is InChI=1S/C22H17N3O4S/c26-19-16-7-3-4-8-17(16)30-21-18(19)22(27)24(14-5-1-2-6-14)20(23-21)13-9-11-15(12-10-13)25(28)29/h3-4,7-12,14H,1-2,5-6H2. The number of benzene rings is 2. The van der Waals surface area contributed by atoms with E-state index in [0.717, 1.165) is 30.4 Å². The Balaban J connectivity index is 1.85. The van der Waals surface area contributed by atoms with Crippen molar-refractivity contribution >= 4 is 37.3 Å². The number of rotatable bonds is 3. The van der Waals surface area contributed by atoms with Crippen LogP contribution in [0.2, 0.25) is 0 Å². The molecule has 4 aromatic rings. The Morgan fingerprint density at radius 1 is 1.03 bits per heavy atom. The first-order valence-electron chi connectivity index (χ1n) is 9.77. The van der Waals surface area contributed by atoms with Gasteiger partial charge < -0.3 is 0 Å². The molecule has 2 aromatic heterocycles. The average Bonchev–Trinajstić information content (AvgIpc) is 3.28. The lowest BCUT2D eigenvalue weighted by molar-refractivity contribution is -0.384. The second-order valence-electron chi connectivity index (χ2n) is 7.46. The van der Waals surface area contributed by atoms with Crippen molar-refractivity contribution in [2.75, 3.05) is 0 Å². The fourth-order valence-corrected chi connectivity index (χ4v) is 5.24.